The first-order valence-corrected chi connectivity index (χ1v) is 7.15. The predicted molar refractivity (Wildman–Crippen MR) is 75.3 cm³/mol. The zero-order chi connectivity index (χ0) is 13.7. The van der Waals surface area contributed by atoms with Gasteiger partial charge < -0.3 is 14.7 Å². The zero-order valence-corrected chi connectivity index (χ0v) is 11.1. The smallest absolute Gasteiger partial charge is 0.223 e. The lowest BCUT2D eigenvalue weighted by Crippen LogP contribution is -2.50. The van der Waals surface area contributed by atoms with Crippen LogP contribution < -0.4 is 0 Å². The zero-order valence-electron chi connectivity index (χ0n) is 11.1. The van der Waals surface area contributed by atoms with Crippen LogP contribution in [-0.4, -0.2) is 28.1 Å². The molecule has 1 aromatic carbocycles. The summed E-state index contributed by atoms with van der Waals surface area (Å²) in [5, 5.41) is 1.19. The van der Waals surface area contributed by atoms with E-state index in [4.69, 9.17) is 0 Å². The van der Waals surface area contributed by atoms with Gasteiger partial charge in [0.05, 0.1) is 12.1 Å². The molecule has 1 amide bonds. The van der Waals surface area contributed by atoms with Gasteiger partial charge in [0, 0.05) is 29.4 Å². The van der Waals surface area contributed by atoms with Gasteiger partial charge >= 0.3 is 0 Å². The molecule has 2 aliphatic heterocycles. The summed E-state index contributed by atoms with van der Waals surface area (Å²) in [5.41, 5.74) is 3.45. The maximum atomic E-state index is 12.2. The Morgan fingerprint density at radius 2 is 2.15 bits per heavy atom. The number of nitrogens with one attached hydrogen (secondary N) is 1. The molecule has 2 atom stereocenters. The van der Waals surface area contributed by atoms with E-state index in [-0.39, 0.29) is 18.0 Å². The molecule has 20 heavy (non-hydrogen) atoms. The van der Waals surface area contributed by atoms with Gasteiger partial charge in [0.25, 0.3) is 0 Å². The highest BCUT2D eigenvalue weighted by atomic mass is 16.2. The fourth-order valence-electron chi connectivity index (χ4n) is 3.73. The molecule has 4 nitrogen and oxygen atoms in total. The molecule has 1 aromatic heterocycles. The Morgan fingerprint density at radius 3 is 3.00 bits per heavy atom. The second-order valence-electron chi connectivity index (χ2n) is 5.68. The van der Waals surface area contributed by atoms with Crippen molar-refractivity contribution < 1.29 is 9.59 Å². The monoisotopic (exact) mass is 268 g/mol. The Kier molecular flexibility index (Phi) is 2.46. The topological polar surface area (TPSA) is 53.2 Å². The number of rotatable bonds is 1. The van der Waals surface area contributed by atoms with Crippen LogP contribution in [0.1, 0.15) is 36.6 Å². The van der Waals surface area contributed by atoms with Crippen LogP contribution in [0.5, 0.6) is 0 Å². The number of aromatic amines is 1. The van der Waals surface area contributed by atoms with Crippen LogP contribution in [0, 0.1) is 0 Å². The van der Waals surface area contributed by atoms with Crippen molar-refractivity contribution >= 4 is 23.1 Å². The van der Waals surface area contributed by atoms with Crippen molar-refractivity contribution in [1.82, 2.24) is 9.88 Å². The van der Waals surface area contributed by atoms with Crippen LogP contribution in [0.25, 0.3) is 10.9 Å². The maximum Gasteiger partial charge on any atom is 0.223 e. The van der Waals surface area contributed by atoms with Gasteiger partial charge in [0.2, 0.25) is 5.91 Å². The number of H-pyrrole nitrogens is 1. The van der Waals surface area contributed by atoms with Crippen LogP contribution in [0.15, 0.2) is 24.3 Å². The van der Waals surface area contributed by atoms with Gasteiger partial charge in [-0.3, -0.25) is 4.79 Å². The second kappa shape index (κ2) is 4.20. The Labute approximate surface area is 116 Å². The first-order chi connectivity index (χ1) is 9.79. The number of hydrogen-bond acceptors (Lipinski definition) is 2. The molecular weight excluding hydrogens is 252 g/mol. The van der Waals surface area contributed by atoms with Crippen molar-refractivity contribution in [3.8, 4) is 0 Å². The molecule has 1 N–H and O–H groups in total. The third-order valence-electron chi connectivity index (χ3n) is 4.60. The van der Waals surface area contributed by atoms with Crippen molar-refractivity contribution in [2.24, 2.45) is 0 Å². The van der Waals surface area contributed by atoms with Crippen LogP contribution in [0.2, 0.25) is 0 Å². The third kappa shape index (κ3) is 1.48. The van der Waals surface area contributed by atoms with Gasteiger partial charge in [-0.05, 0) is 24.5 Å². The number of aromatic nitrogens is 1. The SMILES string of the molecule is O=C[C@@H]1Cc2c([nH]c3ccccc23)[C@H]2CCCC(=O)N12. The molecule has 2 aromatic rings. The number of hydrogen-bond donors (Lipinski definition) is 1. The number of piperidine rings is 1. The average Bonchev–Trinajstić information content (AvgIpc) is 2.85. The van der Waals surface area contributed by atoms with E-state index in [0.717, 1.165) is 30.3 Å². The first-order valence-electron chi connectivity index (χ1n) is 7.15. The number of nitrogens with zero attached hydrogens (tertiary/aromatic N) is 1. The molecule has 0 aliphatic carbocycles. The second-order valence-corrected chi connectivity index (χ2v) is 5.68. The molecule has 1 fully saturated rings. The van der Waals surface area contributed by atoms with Gasteiger partial charge in [-0.15, -0.1) is 0 Å². The number of aldehydes is 1. The van der Waals surface area contributed by atoms with E-state index in [1.807, 2.05) is 12.1 Å². The number of carbonyl (C=O) groups is 2. The third-order valence-corrected chi connectivity index (χ3v) is 4.60. The van der Waals surface area contributed by atoms with Gasteiger partial charge in [-0.2, -0.15) is 0 Å². The fourth-order valence-corrected chi connectivity index (χ4v) is 3.73. The summed E-state index contributed by atoms with van der Waals surface area (Å²) in [7, 11) is 0. The van der Waals surface area contributed by atoms with E-state index in [9.17, 15) is 9.59 Å². The molecule has 3 heterocycles. The first kappa shape index (κ1) is 11.7. The van der Waals surface area contributed by atoms with E-state index in [2.05, 4.69) is 17.1 Å². The van der Waals surface area contributed by atoms with E-state index < -0.39 is 0 Å². The highest BCUT2D eigenvalue weighted by Crippen LogP contribution is 2.41. The molecule has 0 radical (unpaired) electrons. The summed E-state index contributed by atoms with van der Waals surface area (Å²) >= 11 is 0. The number of amides is 1. The fraction of sp³-hybridized carbons (Fsp3) is 0.375. The van der Waals surface area contributed by atoms with E-state index in [1.165, 1.54) is 10.9 Å². The molecule has 0 saturated carbocycles. The van der Waals surface area contributed by atoms with Gasteiger partial charge in [-0.25, -0.2) is 0 Å². The largest absolute Gasteiger partial charge is 0.356 e. The molecule has 0 bridgehead atoms. The molecule has 2 aliphatic rings. The van der Waals surface area contributed by atoms with Crippen molar-refractivity contribution in [3.05, 3.63) is 35.5 Å². The quantitative estimate of drug-likeness (QED) is 0.807. The molecular formula is C16H16N2O2. The highest BCUT2D eigenvalue weighted by molar-refractivity contribution is 5.88. The van der Waals surface area contributed by atoms with Crippen molar-refractivity contribution in [1.29, 1.82) is 0 Å². The summed E-state index contributed by atoms with van der Waals surface area (Å²) in [6.07, 6.45) is 3.97. The van der Waals surface area contributed by atoms with Crippen molar-refractivity contribution in [2.45, 2.75) is 37.8 Å². The van der Waals surface area contributed by atoms with Gasteiger partial charge in [0.15, 0.2) is 0 Å². The lowest BCUT2D eigenvalue weighted by Gasteiger charge is -2.42. The molecule has 1 saturated heterocycles. The molecule has 0 spiro atoms. The van der Waals surface area contributed by atoms with Gasteiger partial charge in [0.1, 0.15) is 6.29 Å². The Morgan fingerprint density at radius 1 is 1.30 bits per heavy atom. The maximum absolute atomic E-state index is 12.2. The van der Waals surface area contributed by atoms with Crippen LogP contribution in [0.4, 0.5) is 0 Å². The van der Waals surface area contributed by atoms with Crippen molar-refractivity contribution in [2.75, 3.05) is 0 Å². The van der Waals surface area contributed by atoms with E-state index >= 15 is 0 Å². The molecule has 0 unspecified atom stereocenters. The highest BCUT2D eigenvalue weighted by Gasteiger charge is 2.40. The Bertz CT molecular complexity index is 704. The average molecular weight is 268 g/mol. The Hall–Kier alpha value is -2.10. The van der Waals surface area contributed by atoms with E-state index in [0.29, 0.717) is 12.8 Å². The van der Waals surface area contributed by atoms with Gasteiger partial charge in [-0.1, -0.05) is 18.2 Å². The lowest BCUT2D eigenvalue weighted by atomic mass is 9.87. The number of carbonyl (C=O) groups excluding carboxylic acids is 2. The standard InChI is InChI=1S/C16H16N2O2/c19-9-10-8-12-11-4-1-2-5-13(11)17-16(12)14-6-3-7-15(20)18(10)14/h1-2,4-5,9-10,14,17H,3,6-8H2/t10-,14+/m0/s1. The molecule has 4 rings (SSSR count). The predicted octanol–water partition coefficient (Wildman–Crippen LogP) is 2.35. The van der Waals surface area contributed by atoms with E-state index in [1.54, 1.807) is 4.90 Å². The number of benzene rings is 1. The summed E-state index contributed by atoms with van der Waals surface area (Å²) < 4.78 is 0. The normalized spacial score (nSPS) is 25.4. The minimum Gasteiger partial charge on any atom is -0.356 e. The number of fused-ring (bicyclic) bond motifs is 5. The summed E-state index contributed by atoms with van der Waals surface area (Å²) in [5.74, 6) is 0.114. The minimum absolute atomic E-state index is 0.0441. The lowest BCUT2D eigenvalue weighted by molar-refractivity contribution is -0.143. The van der Waals surface area contributed by atoms with Crippen molar-refractivity contribution in [3.63, 3.8) is 0 Å². The molecule has 102 valence electrons. The molecule has 4 heteroatoms. The number of para-hydroxylation sites is 1. The van der Waals surface area contributed by atoms with Crippen LogP contribution in [-0.2, 0) is 16.0 Å². The summed E-state index contributed by atoms with van der Waals surface area (Å²) in [6.45, 7) is 0. The Balaban J connectivity index is 1.93. The summed E-state index contributed by atoms with van der Waals surface area (Å²) in [4.78, 5) is 28.9. The summed E-state index contributed by atoms with van der Waals surface area (Å²) in [6, 6.07) is 7.91. The van der Waals surface area contributed by atoms with Crippen LogP contribution in [0.3, 0.4) is 0 Å². The minimum atomic E-state index is -0.306. The van der Waals surface area contributed by atoms with Crippen LogP contribution >= 0.6 is 0 Å².